The molecule has 0 heterocycles. The highest BCUT2D eigenvalue weighted by molar-refractivity contribution is 5.14. The Kier molecular flexibility index (Phi) is 6.94. The van der Waals surface area contributed by atoms with Crippen LogP contribution in [-0.4, -0.2) is 33.6 Å². The van der Waals surface area contributed by atoms with Gasteiger partial charge in [-0.25, -0.2) is 0 Å². The Labute approximate surface area is 109 Å². The van der Waals surface area contributed by atoms with Crippen LogP contribution < -0.4 is 0 Å². The minimum atomic E-state index is -1.04. The first kappa shape index (κ1) is 15.2. The zero-order valence-corrected chi connectivity index (χ0v) is 11.0. The lowest BCUT2D eigenvalue weighted by molar-refractivity contribution is -0.0643. The first-order chi connectivity index (χ1) is 8.65. The van der Waals surface area contributed by atoms with Gasteiger partial charge in [0.25, 0.3) is 0 Å². The molecule has 0 bridgehead atoms. The number of benzene rings is 1. The number of aliphatic hydroxyl groups excluding tert-OH is 3. The number of aliphatic hydroxyl groups is 3. The van der Waals surface area contributed by atoms with E-state index in [1.807, 2.05) is 37.3 Å². The van der Waals surface area contributed by atoms with E-state index < -0.39 is 18.3 Å². The van der Waals surface area contributed by atoms with Gasteiger partial charge in [0.2, 0.25) is 0 Å². The molecule has 102 valence electrons. The maximum Gasteiger partial charge on any atom is 0.106 e. The number of rotatable bonds is 8. The fourth-order valence-electron chi connectivity index (χ4n) is 1.97. The van der Waals surface area contributed by atoms with Gasteiger partial charge in [-0.15, -0.1) is 0 Å². The zero-order chi connectivity index (χ0) is 13.4. The van der Waals surface area contributed by atoms with E-state index in [1.54, 1.807) is 0 Å². The van der Waals surface area contributed by atoms with Crippen LogP contribution in [0.25, 0.3) is 0 Å². The highest BCUT2D eigenvalue weighted by Gasteiger charge is 2.23. The van der Waals surface area contributed by atoms with E-state index in [0.29, 0.717) is 19.3 Å². The van der Waals surface area contributed by atoms with E-state index >= 15 is 0 Å². The van der Waals surface area contributed by atoms with Crippen molar-refractivity contribution in [1.29, 1.82) is 0 Å². The second-order valence-electron chi connectivity index (χ2n) is 4.79. The Morgan fingerprint density at radius 3 is 2.17 bits per heavy atom. The Morgan fingerprint density at radius 1 is 0.944 bits per heavy atom. The molecule has 18 heavy (non-hydrogen) atoms. The summed E-state index contributed by atoms with van der Waals surface area (Å²) in [6.45, 7) is 2.03. The van der Waals surface area contributed by atoms with Gasteiger partial charge in [-0.2, -0.15) is 0 Å². The molecule has 0 fully saturated rings. The van der Waals surface area contributed by atoms with Crippen LogP contribution in [0.5, 0.6) is 0 Å². The Morgan fingerprint density at radius 2 is 1.56 bits per heavy atom. The molecule has 0 saturated carbocycles. The summed E-state index contributed by atoms with van der Waals surface area (Å²) in [5, 5.41) is 29.3. The number of aryl methyl sites for hydroxylation is 1. The second kappa shape index (κ2) is 8.25. The van der Waals surface area contributed by atoms with E-state index in [1.165, 1.54) is 0 Å². The van der Waals surface area contributed by atoms with Crippen molar-refractivity contribution in [1.82, 2.24) is 0 Å². The van der Waals surface area contributed by atoms with Crippen LogP contribution in [0, 0.1) is 0 Å². The van der Waals surface area contributed by atoms with Gasteiger partial charge in [0.1, 0.15) is 6.10 Å². The molecular formula is C15H24O3. The van der Waals surface area contributed by atoms with Crippen molar-refractivity contribution in [2.45, 2.75) is 57.3 Å². The van der Waals surface area contributed by atoms with Gasteiger partial charge < -0.3 is 15.3 Å². The molecule has 1 aromatic carbocycles. The molecule has 0 spiro atoms. The molecule has 0 radical (unpaired) electrons. The van der Waals surface area contributed by atoms with Crippen LogP contribution in [0.15, 0.2) is 30.3 Å². The monoisotopic (exact) mass is 252 g/mol. The zero-order valence-electron chi connectivity index (χ0n) is 11.0. The van der Waals surface area contributed by atoms with Crippen LogP contribution in [0.3, 0.4) is 0 Å². The Bertz CT molecular complexity index is 313. The number of unbranched alkanes of at least 4 members (excludes halogenated alkanes) is 1. The molecular weight excluding hydrogens is 228 g/mol. The Balaban J connectivity index is 2.33. The lowest BCUT2D eigenvalue weighted by atomic mass is 9.98. The fourth-order valence-corrected chi connectivity index (χ4v) is 1.97. The van der Waals surface area contributed by atoms with Crippen LogP contribution >= 0.6 is 0 Å². The topological polar surface area (TPSA) is 60.7 Å². The third-order valence-electron chi connectivity index (χ3n) is 3.21. The summed E-state index contributed by atoms with van der Waals surface area (Å²) < 4.78 is 0. The predicted molar refractivity (Wildman–Crippen MR) is 72.3 cm³/mol. The maximum absolute atomic E-state index is 9.84. The van der Waals surface area contributed by atoms with E-state index in [2.05, 4.69) is 0 Å². The molecule has 3 nitrogen and oxygen atoms in total. The van der Waals surface area contributed by atoms with Crippen molar-refractivity contribution >= 4 is 0 Å². The summed E-state index contributed by atoms with van der Waals surface area (Å²) in [5.41, 5.74) is 1.13. The van der Waals surface area contributed by atoms with Gasteiger partial charge in [0.05, 0.1) is 12.2 Å². The van der Waals surface area contributed by atoms with Crippen LogP contribution in [0.2, 0.25) is 0 Å². The number of hydrogen-bond acceptors (Lipinski definition) is 3. The third kappa shape index (κ3) is 5.17. The Hall–Kier alpha value is -0.900. The van der Waals surface area contributed by atoms with Crippen molar-refractivity contribution in [3.8, 4) is 0 Å². The molecule has 1 rings (SSSR count). The average molecular weight is 252 g/mol. The van der Waals surface area contributed by atoms with E-state index in [-0.39, 0.29) is 0 Å². The largest absolute Gasteiger partial charge is 0.390 e. The van der Waals surface area contributed by atoms with Crippen LogP contribution in [0.4, 0.5) is 0 Å². The van der Waals surface area contributed by atoms with Gasteiger partial charge in [-0.3, -0.25) is 0 Å². The molecule has 1 aromatic rings. The molecule has 0 aliphatic heterocycles. The van der Waals surface area contributed by atoms with Gasteiger partial charge in [-0.05, 0) is 24.8 Å². The SMILES string of the molecule is CCCCC(O)C(O)C(O)CCc1ccccc1. The van der Waals surface area contributed by atoms with Crippen LogP contribution in [-0.2, 0) is 6.42 Å². The summed E-state index contributed by atoms with van der Waals surface area (Å²) in [7, 11) is 0. The van der Waals surface area contributed by atoms with Gasteiger partial charge in [0.15, 0.2) is 0 Å². The lowest BCUT2D eigenvalue weighted by Gasteiger charge is -2.22. The summed E-state index contributed by atoms with van der Waals surface area (Å²) in [4.78, 5) is 0. The summed E-state index contributed by atoms with van der Waals surface area (Å²) in [6, 6.07) is 9.84. The normalized spacial score (nSPS) is 16.2. The highest BCUT2D eigenvalue weighted by atomic mass is 16.4. The predicted octanol–water partition coefficient (Wildman–Crippen LogP) is 1.89. The van der Waals surface area contributed by atoms with Crippen molar-refractivity contribution in [2.75, 3.05) is 0 Å². The van der Waals surface area contributed by atoms with Gasteiger partial charge >= 0.3 is 0 Å². The molecule has 0 saturated heterocycles. The molecule has 0 aromatic heterocycles. The van der Waals surface area contributed by atoms with E-state index in [0.717, 1.165) is 18.4 Å². The van der Waals surface area contributed by atoms with Gasteiger partial charge in [-0.1, -0.05) is 50.1 Å². The first-order valence-corrected chi connectivity index (χ1v) is 6.73. The smallest absolute Gasteiger partial charge is 0.106 e. The summed E-state index contributed by atoms with van der Waals surface area (Å²) in [5.74, 6) is 0. The average Bonchev–Trinajstić information content (AvgIpc) is 2.42. The minimum absolute atomic E-state index is 0.467. The van der Waals surface area contributed by atoms with Crippen LogP contribution in [0.1, 0.15) is 38.2 Å². The second-order valence-corrected chi connectivity index (χ2v) is 4.79. The maximum atomic E-state index is 9.84. The quantitative estimate of drug-likeness (QED) is 0.662. The standard InChI is InChI=1S/C15H24O3/c1-2-3-9-13(16)15(18)14(17)11-10-12-7-5-4-6-8-12/h4-8,13-18H,2-3,9-11H2,1H3. The molecule has 0 aliphatic rings. The molecule has 3 unspecified atom stereocenters. The highest BCUT2D eigenvalue weighted by Crippen LogP contribution is 2.13. The molecule has 3 N–H and O–H groups in total. The molecule has 3 atom stereocenters. The van der Waals surface area contributed by atoms with Crippen molar-refractivity contribution in [3.63, 3.8) is 0 Å². The molecule has 3 heteroatoms. The van der Waals surface area contributed by atoms with Crippen molar-refractivity contribution < 1.29 is 15.3 Å². The lowest BCUT2D eigenvalue weighted by Crippen LogP contribution is -2.37. The van der Waals surface area contributed by atoms with Crippen molar-refractivity contribution in [3.05, 3.63) is 35.9 Å². The first-order valence-electron chi connectivity index (χ1n) is 6.73. The van der Waals surface area contributed by atoms with E-state index in [4.69, 9.17) is 0 Å². The fraction of sp³-hybridized carbons (Fsp3) is 0.600. The van der Waals surface area contributed by atoms with Crippen molar-refractivity contribution in [2.24, 2.45) is 0 Å². The number of hydrogen-bond donors (Lipinski definition) is 3. The minimum Gasteiger partial charge on any atom is -0.390 e. The van der Waals surface area contributed by atoms with Gasteiger partial charge in [0, 0.05) is 0 Å². The summed E-state index contributed by atoms with van der Waals surface area (Å²) >= 11 is 0. The summed E-state index contributed by atoms with van der Waals surface area (Å²) in [6.07, 6.45) is 0.828. The molecule has 0 aliphatic carbocycles. The van der Waals surface area contributed by atoms with E-state index in [9.17, 15) is 15.3 Å². The third-order valence-corrected chi connectivity index (χ3v) is 3.21. The molecule has 0 amide bonds.